The van der Waals surface area contributed by atoms with E-state index in [0.29, 0.717) is 12.1 Å². The van der Waals surface area contributed by atoms with Crippen molar-refractivity contribution in [2.24, 2.45) is 0 Å². The van der Waals surface area contributed by atoms with Crippen molar-refractivity contribution in [3.05, 3.63) is 70.8 Å². The molecule has 1 nitrogen and oxygen atoms in total. The van der Waals surface area contributed by atoms with E-state index in [4.69, 9.17) is 0 Å². The third-order valence-electron chi connectivity index (χ3n) is 4.67. The van der Waals surface area contributed by atoms with Crippen LogP contribution in [0.1, 0.15) is 47.2 Å². The Morgan fingerprint density at radius 2 is 1.16 bits per heavy atom. The summed E-state index contributed by atoms with van der Waals surface area (Å²) in [5.41, 5.74) is 6.11. The average molecular weight is 249 g/mol. The molecule has 0 saturated carbocycles. The molecule has 2 atom stereocenters. The fourth-order valence-electron chi connectivity index (χ4n) is 3.70. The van der Waals surface area contributed by atoms with Gasteiger partial charge in [-0.1, -0.05) is 48.5 Å². The lowest BCUT2D eigenvalue weighted by molar-refractivity contribution is 0.440. The number of hydrogen-bond donors (Lipinski definition) is 1. The van der Waals surface area contributed by atoms with E-state index in [0.717, 1.165) is 0 Å². The first-order chi connectivity index (χ1) is 9.42. The second-order valence-corrected chi connectivity index (χ2v) is 5.75. The molecule has 4 rings (SSSR count). The first-order valence-electron chi connectivity index (χ1n) is 7.33. The number of aryl methyl sites for hydroxylation is 2. The standard InChI is InChI=1S/C18H19N/c1-3-7-15-13(5-1)9-11-17(15)19-18-12-10-14-6-2-4-8-16(14)18/h1-8,17-19H,9-12H2. The molecule has 96 valence electrons. The lowest BCUT2D eigenvalue weighted by Crippen LogP contribution is -2.23. The van der Waals surface area contributed by atoms with Crippen LogP contribution in [0.15, 0.2) is 48.5 Å². The molecule has 0 amide bonds. The Balaban J connectivity index is 1.58. The van der Waals surface area contributed by atoms with Crippen LogP contribution >= 0.6 is 0 Å². The molecule has 0 radical (unpaired) electrons. The Labute approximate surface area is 114 Å². The zero-order chi connectivity index (χ0) is 12.7. The Kier molecular flexibility index (Phi) is 2.66. The topological polar surface area (TPSA) is 12.0 Å². The molecule has 2 aliphatic rings. The molecule has 1 heteroatoms. The summed E-state index contributed by atoms with van der Waals surface area (Å²) < 4.78 is 0. The summed E-state index contributed by atoms with van der Waals surface area (Å²) in [6.45, 7) is 0. The van der Waals surface area contributed by atoms with Gasteiger partial charge in [0, 0.05) is 12.1 Å². The van der Waals surface area contributed by atoms with E-state index < -0.39 is 0 Å². The Bertz CT molecular complexity index is 549. The largest absolute Gasteiger partial charge is 0.303 e. The van der Waals surface area contributed by atoms with Crippen molar-refractivity contribution in [3.8, 4) is 0 Å². The maximum Gasteiger partial charge on any atom is 0.0331 e. The number of nitrogens with one attached hydrogen (secondary N) is 1. The number of rotatable bonds is 2. The zero-order valence-corrected chi connectivity index (χ0v) is 11.1. The van der Waals surface area contributed by atoms with Gasteiger partial charge >= 0.3 is 0 Å². The predicted octanol–water partition coefficient (Wildman–Crippen LogP) is 3.95. The molecule has 0 aromatic heterocycles. The minimum atomic E-state index is 0.548. The average Bonchev–Trinajstić information content (AvgIpc) is 3.05. The number of fused-ring (bicyclic) bond motifs is 2. The van der Waals surface area contributed by atoms with E-state index in [1.807, 2.05) is 0 Å². The van der Waals surface area contributed by atoms with E-state index >= 15 is 0 Å². The van der Waals surface area contributed by atoms with Gasteiger partial charge in [-0.3, -0.25) is 0 Å². The van der Waals surface area contributed by atoms with E-state index in [9.17, 15) is 0 Å². The summed E-state index contributed by atoms with van der Waals surface area (Å²) in [5, 5.41) is 3.89. The SMILES string of the molecule is c1ccc2c(c1)CCC2NC1CCc2ccccc21. The quantitative estimate of drug-likeness (QED) is 0.849. The second kappa shape index (κ2) is 4.50. The van der Waals surface area contributed by atoms with Gasteiger partial charge in [-0.05, 0) is 47.9 Å². The predicted molar refractivity (Wildman–Crippen MR) is 78.1 cm³/mol. The normalized spacial score (nSPS) is 24.2. The first kappa shape index (κ1) is 11.2. The molecule has 19 heavy (non-hydrogen) atoms. The lowest BCUT2D eigenvalue weighted by atomic mass is 10.0. The Morgan fingerprint density at radius 3 is 1.68 bits per heavy atom. The van der Waals surface area contributed by atoms with Crippen LogP contribution in [-0.2, 0) is 12.8 Å². The minimum absolute atomic E-state index is 0.548. The number of benzene rings is 2. The smallest absolute Gasteiger partial charge is 0.0331 e. The van der Waals surface area contributed by atoms with Crippen LogP contribution < -0.4 is 5.32 Å². The molecule has 0 bridgehead atoms. The summed E-state index contributed by atoms with van der Waals surface area (Å²) in [4.78, 5) is 0. The van der Waals surface area contributed by atoms with Crippen molar-refractivity contribution in [1.29, 1.82) is 0 Å². The molecule has 0 aliphatic heterocycles. The number of hydrogen-bond acceptors (Lipinski definition) is 1. The molecular formula is C18H19N. The van der Waals surface area contributed by atoms with Crippen LogP contribution in [0.3, 0.4) is 0 Å². The molecular weight excluding hydrogens is 230 g/mol. The highest BCUT2D eigenvalue weighted by Gasteiger charge is 2.28. The van der Waals surface area contributed by atoms with E-state index in [1.165, 1.54) is 47.9 Å². The third kappa shape index (κ3) is 1.89. The highest BCUT2D eigenvalue weighted by atomic mass is 15.0. The highest BCUT2D eigenvalue weighted by molar-refractivity contribution is 5.37. The van der Waals surface area contributed by atoms with Crippen LogP contribution in [0, 0.1) is 0 Å². The van der Waals surface area contributed by atoms with Crippen molar-refractivity contribution >= 4 is 0 Å². The third-order valence-corrected chi connectivity index (χ3v) is 4.67. The lowest BCUT2D eigenvalue weighted by Gasteiger charge is -2.20. The Hall–Kier alpha value is -1.60. The van der Waals surface area contributed by atoms with Crippen LogP contribution in [0.4, 0.5) is 0 Å². The summed E-state index contributed by atoms with van der Waals surface area (Å²) >= 11 is 0. The first-order valence-corrected chi connectivity index (χ1v) is 7.33. The summed E-state index contributed by atoms with van der Waals surface area (Å²) in [7, 11) is 0. The summed E-state index contributed by atoms with van der Waals surface area (Å²) in [6.07, 6.45) is 4.94. The van der Waals surface area contributed by atoms with Gasteiger partial charge in [-0.15, -0.1) is 0 Å². The van der Waals surface area contributed by atoms with Gasteiger partial charge in [-0.25, -0.2) is 0 Å². The van der Waals surface area contributed by atoms with Crippen molar-refractivity contribution in [3.63, 3.8) is 0 Å². The van der Waals surface area contributed by atoms with E-state index in [1.54, 1.807) is 0 Å². The molecule has 2 aliphatic carbocycles. The van der Waals surface area contributed by atoms with Crippen molar-refractivity contribution in [2.45, 2.75) is 37.8 Å². The second-order valence-electron chi connectivity index (χ2n) is 5.75. The molecule has 2 aromatic carbocycles. The summed E-state index contributed by atoms with van der Waals surface area (Å²) in [5.74, 6) is 0. The van der Waals surface area contributed by atoms with Gasteiger partial charge in [0.05, 0.1) is 0 Å². The van der Waals surface area contributed by atoms with Gasteiger partial charge in [0.1, 0.15) is 0 Å². The van der Waals surface area contributed by atoms with Gasteiger partial charge in [0.2, 0.25) is 0 Å². The highest BCUT2D eigenvalue weighted by Crippen LogP contribution is 2.37. The van der Waals surface area contributed by atoms with Crippen LogP contribution in [0.25, 0.3) is 0 Å². The Morgan fingerprint density at radius 1 is 0.684 bits per heavy atom. The molecule has 0 fully saturated rings. The fraction of sp³-hybridized carbons (Fsp3) is 0.333. The molecule has 1 N–H and O–H groups in total. The molecule has 0 spiro atoms. The molecule has 2 unspecified atom stereocenters. The monoisotopic (exact) mass is 249 g/mol. The maximum absolute atomic E-state index is 3.89. The zero-order valence-electron chi connectivity index (χ0n) is 11.1. The van der Waals surface area contributed by atoms with Crippen LogP contribution in [0.2, 0.25) is 0 Å². The summed E-state index contributed by atoms with van der Waals surface area (Å²) in [6, 6.07) is 18.9. The van der Waals surface area contributed by atoms with E-state index in [-0.39, 0.29) is 0 Å². The van der Waals surface area contributed by atoms with Crippen molar-refractivity contribution < 1.29 is 0 Å². The van der Waals surface area contributed by atoms with Gasteiger partial charge < -0.3 is 5.32 Å². The fourth-order valence-corrected chi connectivity index (χ4v) is 3.70. The van der Waals surface area contributed by atoms with Gasteiger partial charge in [0.15, 0.2) is 0 Å². The molecule has 2 aromatic rings. The minimum Gasteiger partial charge on any atom is -0.303 e. The van der Waals surface area contributed by atoms with Gasteiger partial charge in [-0.2, -0.15) is 0 Å². The molecule has 0 heterocycles. The van der Waals surface area contributed by atoms with Crippen LogP contribution in [-0.4, -0.2) is 0 Å². The molecule has 0 saturated heterocycles. The van der Waals surface area contributed by atoms with Gasteiger partial charge in [0.25, 0.3) is 0 Å². The van der Waals surface area contributed by atoms with Crippen molar-refractivity contribution in [2.75, 3.05) is 0 Å². The maximum atomic E-state index is 3.89. The van der Waals surface area contributed by atoms with Crippen LogP contribution in [0.5, 0.6) is 0 Å². The van der Waals surface area contributed by atoms with Crippen molar-refractivity contribution in [1.82, 2.24) is 5.32 Å². The van der Waals surface area contributed by atoms with E-state index in [2.05, 4.69) is 53.8 Å².